The Bertz CT molecular complexity index is 706. The van der Waals surface area contributed by atoms with Crippen LogP contribution in [0.4, 0.5) is 0 Å². The van der Waals surface area contributed by atoms with Gasteiger partial charge in [-0.05, 0) is 32.6 Å². The second-order valence-electron chi connectivity index (χ2n) is 8.64. The molecule has 2 amide bonds. The Morgan fingerprint density at radius 3 is 2.76 bits per heavy atom. The molecule has 3 heterocycles. The van der Waals surface area contributed by atoms with Crippen molar-refractivity contribution in [3.05, 3.63) is 17.5 Å². The molecular formula is C21H34N4O4. The first-order valence-corrected chi connectivity index (χ1v) is 10.6. The average molecular weight is 407 g/mol. The van der Waals surface area contributed by atoms with E-state index in [1.807, 2.05) is 11.6 Å². The van der Waals surface area contributed by atoms with Crippen molar-refractivity contribution < 1.29 is 19.1 Å². The van der Waals surface area contributed by atoms with Gasteiger partial charge in [0.05, 0.1) is 37.1 Å². The van der Waals surface area contributed by atoms with Crippen molar-refractivity contribution >= 4 is 11.8 Å². The maximum atomic E-state index is 12.6. The molecule has 162 valence electrons. The summed E-state index contributed by atoms with van der Waals surface area (Å²) in [7, 11) is 0. The summed E-state index contributed by atoms with van der Waals surface area (Å²) >= 11 is 0. The fourth-order valence-corrected chi connectivity index (χ4v) is 3.72. The Morgan fingerprint density at radius 2 is 2.10 bits per heavy atom. The molecule has 0 radical (unpaired) electrons. The summed E-state index contributed by atoms with van der Waals surface area (Å²) in [5, 5.41) is 7.39. The maximum absolute atomic E-state index is 12.6. The highest BCUT2D eigenvalue weighted by atomic mass is 16.5. The van der Waals surface area contributed by atoms with E-state index < -0.39 is 0 Å². The summed E-state index contributed by atoms with van der Waals surface area (Å²) in [6.07, 6.45) is 3.79. The van der Waals surface area contributed by atoms with Crippen LogP contribution >= 0.6 is 0 Å². The van der Waals surface area contributed by atoms with E-state index in [-0.39, 0.29) is 30.5 Å². The minimum Gasteiger partial charge on any atom is -0.381 e. The van der Waals surface area contributed by atoms with Gasteiger partial charge in [0.1, 0.15) is 6.61 Å². The van der Waals surface area contributed by atoms with Gasteiger partial charge in [-0.3, -0.25) is 14.3 Å². The van der Waals surface area contributed by atoms with Gasteiger partial charge in [0, 0.05) is 31.3 Å². The molecule has 8 nitrogen and oxygen atoms in total. The Morgan fingerprint density at radius 1 is 1.34 bits per heavy atom. The van der Waals surface area contributed by atoms with Gasteiger partial charge >= 0.3 is 0 Å². The Hall–Kier alpha value is -1.93. The Kier molecular flexibility index (Phi) is 7.29. The highest BCUT2D eigenvalue weighted by molar-refractivity contribution is 5.95. The molecule has 1 N–H and O–H groups in total. The van der Waals surface area contributed by atoms with E-state index in [4.69, 9.17) is 9.47 Å². The van der Waals surface area contributed by atoms with Gasteiger partial charge in [-0.1, -0.05) is 13.8 Å². The van der Waals surface area contributed by atoms with Crippen molar-refractivity contribution in [2.24, 2.45) is 11.8 Å². The predicted octanol–water partition coefficient (Wildman–Crippen LogP) is 1.79. The van der Waals surface area contributed by atoms with E-state index in [9.17, 15) is 9.59 Å². The predicted molar refractivity (Wildman–Crippen MR) is 109 cm³/mol. The van der Waals surface area contributed by atoms with Crippen LogP contribution in [0, 0.1) is 18.8 Å². The van der Waals surface area contributed by atoms with Crippen molar-refractivity contribution in [2.75, 3.05) is 39.5 Å². The molecule has 3 rings (SSSR count). The van der Waals surface area contributed by atoms with Gasteiger partial charge in [0.15, 0.2) is 0 Å². The van der Waals surface area contributed by atoms with Crippen LogP contribution in [0.5, 0.6) is 0 Å². The molecular weight excluding hydrogens is 372 g/mol. The van der Waals surface area contributed by atoms with Gasteiger partial charge in [-0.15, -0.1) is 0 Å². The second kappa shape index (κ2) is 9.71. The summed E-state index contributed by atoms with van der Waals surface area (Å²) in [5.41, 5.74) is 1.47. The zero-order valence-electron chi connectivity index (χ0n) is 18.0. The number of hydrogen-bond donors (Lipinski definition) is 1. The number of nitrogens with one attached hydrogen (secondary N) is 1. The minimum atomic E-state index is -0.129. The van der Waals surface area contributed by atoms with Crippen molar-refractivity contribution in [1.29, 1.82) is 0 Å². The molecule has 29 heavy (non-hydrogen) atoms. The standard InChI is InChI=1S/C21H34N4O4/c1-14(2)15(3)25-16(4)19(8-22-25)21(27)23-18-9-24(10-18)20(26)13-29-12-17-6-5-7-28-11-17/h8,14-15,17-18H,5-7,9-13H2,1-4H3,(H,23,27). The molecule has 1 aromatic heterocycles. The first kappa shape index (κ1) is 21.8. The Balaban J connectivity index is 1.39. The van der Waals surface area contributed by atoms with Gasteiger partial charge in [0.2, 0.25) is 5.91 Å². The molecule has 2 aliphatic rings. The zero-order chi connectivity index (χ0) is 21.0. The Labute approximate surface area is 172 Å². The van der Waals surface area contributed by atoms with E-state index in [1.54, 1.807) is 11.1 Å². The largest absolute Gasteiger partial charge is 0.381 e. The lowest BCUT2D eigenvalue weighted by molar-refractivity contribution is -0.141. The lowest BCUT2D eigenvalue weighted by atomic mass is 10.0. The summed E-state index contributed by atoms with van der Waals surface area (Å²) in [6, 6.07) is 0.206. The second-order valence-corrected chi connectivity index (χ2v) is 8.64. The normalized spacial score (nSPS) is 21.1. The fourth-order valence-electron chi connectivity index (χ4n) is 3.72. The third-order valence-corrected chi connectivity index (χ3v) is 6.04. The van der Waals surface area contributed by atoms with Crippen LogP contribution in [0.2, 0.25) is 0 Å². The molecule has 2 saturated heterocycles. The van der Waals surface area contributed by atoms with E-state index in [0.717, 1.165) is 31.7 Å². The monoisotopic (exact) mass is 406 g/mol. The minimum absolute atomic E-state index is 0.0246. The smallest absolute Gasteiger partial charge is 0.255 e. The van der Waals surface area contributed by atoms with Crippen molar-refractivity contribution in [2.45, 2.75) is 52.6 Å². The highest BCUT2D eigenvalue weighted by Gasteiger charge is 2.32. The van der Waals surface area contributed by atoms with Crippen molar-refractivity contribution in [3.63, 3.8) is 0 Å². The number of carbonyl (C=O) groups excluding carboxylic acids is 2. The van der Waals surface area contributed by atoms with E-state index in [0.29, 0.717) is 37.1 Å². The summed E-state index contributed by atoms with van der Waals surface area (Å²) < 4.78 is 12.9. The molecule has 0 spiro atoms. The first-order chi connectivity index (χ1) is 13.9. The molecule has 0 aromatic carbocycles. The van der Waals surface area contributed by atoms with Crippen LogP contribution in [0.3, 0.4) is 0 Å². The van der Waals surface area contributed by atoms with Crippen LogP contribution in [0.15, 0.2) is 6.20 Å². The highest BCUT2D eigenvalue weighted by Crippen LogP contribution is 2.20. The summed E-state index contributed by atoms with van der Waals surface area (Å²) in [5.74, 6) is 0.670. The molecule has 2 aliphatic heterocycles. The SMILES string of the molecule is Cc1c(C(=O)NC2CN(C(=O)COCC3CCCOC3)C2)cnn1C(C)C(C)C. The molecule has 8 heteroatoms. The lowest BCUT2D eigenvalue weighted by Gasteiger charge is -2.39. The van der Waals surface area contributed by atoms with Gasteiger partial charge < -0.3 is 19.7 Å². The number of hydrogen-bond acceptors (Lipinski definition) is 5. The molecule has 0 bridgehead atoms. The van der Waals surface area contributed by atoms with Crippen molar-refractivity contribution in [3.8, 4) is 0 Å². The molecule has 1 aromatic rings. The van der Waals surface area contributed by atoms with E-state index >= 15 is 0 Å². The van der Waals surface area contributed by atoms with E-state index in [2.05, 4.69) is 31.2 Å². The molecule has 0 aliphatic carbocycles. The number of aromatic nitrogens is 2. The summed E-state index contributed by atoms with van der Waals surface area (Å²) in [6.45, 7) is 11.6. The maximum Gasteiger partial charge on any atom is 0.255 e. The van der Waals surface area contributed by atoms with Crippen LogP contribution in [0.25, 0.3) is 0 Å². The summed E-state index contributed by atoms with van der Waals surface area (Å²) in [4.78, 5) is 26.5. The van der Waals surface area contributed by atoms with Crippen LogP contribution in [-0.2, 0) is 14.3 Å². The van der Waals surface area contributed by atoms with Crippen LogP contribution < -0.4 is 5.32 Å². The third kappa shape index (κ3) is 5.36. The third-order valence-electron chi connectivity index (χ3n) is 6.04. The number of amides is 2. The van der Waals surface area contributed by atoms with Crippen LogP contribution in [0.1, 0.15) is 55.7 Å². The zero-order valence-corrected chi connectivity index (χ0v) is 18.0. The molecule has 2 atom stereocenters. The fraction of sp³-hybridized carbons (Fsp3) is 0.762. The number of rotatable bonds is 8. The number of carbonyl (C=O) groups is 2. The van der Waals surface area contributed by atoms with Gasteiger partial charge in [0.25, 0.3) is 5.91 Å². The van der Waals surface area contributed by atoms with E-state index in [1.165, 1.54) is 0 Å². The molecule has 2 fully saturated rings. The lowest BCUT2D eigenvalue weighted by Crippen LogP contribution is -2.61. The molecule has 2 unspecified atom stereocenters. The number of ether oxygens (including phenoxy) is 2. The quantitative estimate of drug-likeness (QED) is 0.711. The van der Waals surface area contributed by atoms with Gasteiger partial charge in [-0.25, -0.2) is 0 Å². The first-order valence-electron chi connectivity index (χ1n) is 10.6. The number of nitrogens with zero attached hydrogens (tertiary/aromatic N) is 3. The van der Waals surface area contributed by atoms with Crippen LogP contribution in [-0.4, -0.2) is 72.1 Å². The average Bonchev–Trinajstić information content (AvgIpc) is 3.05. The topological polar surface area (TPSA) is 85.7 Å². The van der Waals surface area contributed by atoms with Gasteiger partial charge in [-0.2, -0.15) is 5.10 Å². The molecule has 0 saturated carbocycles. The number of likely N-dealkylation sites (tertiary alicyclic amines) is 1. The van der Waals surface area contributed by atoms with Crippen molar-refractivity contribution in [1.82, 2.24) is 20.0 Å².